The van der Waals surface area contributed by atoms with Crippen LogP contribution in [-0.2, 0) is 9.53 Å². The maximum Gasteiger partial charge on any atom is 0.123 e. The van der Waals surface area contributed by atoms with E-state index in [9.17, 15) is 4.79 Å². The second-order valence-electron chi connectivity index (χ2n) is 3.76. The highest BCUT2D eigenvalue weighted by atomic mass is 16.5. The monoisotopic (exact) mass is 154 g/mol. The van der Waals surface area contributed by atoms with Crippen molar-refractivity contribution >= 4 is 6.29 Å². The molecule has 0 bridgehead atoms. The van der Waals surface area contributed by atoms with Gasteiger partial charge in [-0.3, -0.25) is 0 Å². The number of ether oxygens (including phenoxy) is 1. The molecule has 0 aromatic carbocycles. The minimum Gasteiger partial charge on any atom is -0.381 e. The lowest BCUT2D eigenvalue weighted by Crippen LogP contribution is -2.45. The molecular formula is C9H14O2. The molecule has 11 heavy (non-hydrogen) atoms. The zero-order chi connectivity index (χ0) is 7.73. The second-order valence-corrected chi connectivity index (χ2v) is 3.76. The summed E-state index contributed by atoms with van der Waals surface area (Å²) in [5.74, 6) is 0.353. The van der Waals surface area contributed by atoms with Crippen LogP contribution in [0, 0.1) is 11.3 Å². The van der Waals surface area contributed by atoms with Crippen LogP contribution >= 0.6 is 0 Å². The van der Waals surface area contributed by atoms with Crippen molar-refractivity contribution in [3.05, 3.63) is 0 Å². The zero-order valence-corrected chi connectivity index (χ0v) is 6.71. The highest BCUT2D eigenvalue weighted by molar-refractivity contribution is 5.57. The fraction of sp³-hybridized carbons (Fsp3) is 0.889. The van der Waals surface area contributed by atoms with Crippen molar-refractivity contribution in [2.24, 2.45) is 11.3 Å². The number of carbonyl (C=O) groups excluding carboxylic acids is 1. The van der Waals surface area contributed by atoms with E-state index in [0.717, 1.165) is 38.8 Å². The van der Waals surface area contributed by atoms with E-state index in [0.29, 0.717) is 11.3 Å². The van der Waals surface area contributed by atoms with E-state index in [1.807, 2.05) is 0 Å². The van der Waals surface area contributed by atoms with E-state index >= 15 is 0 Å². The van der Waals surface area contributed by atoms with Gasteiger partial charge in [-0.2, -0.15) is 0 Å². The third-order valence-corrected chi connectivity index (χ3v) is 3.39. The summed E-state index contributed by atoms with van der Waals surface area (Å²) < 4.78 is 5.28. The quantitative estimate of drug-likeness (QED) is 0.533. The number of rotatable bonds is 1. The van der Waals surface area contributed by atoms with Gasteiger partial charge in [0, 0.05) is 19.1 Å². The van der Waals surface area contributed by atoms with E-state index in [1.54, 1.807) is 0 Å². The Morgan fingerprint density at radius 3 is 2.45 bits per heavy atom. The lowest BCUT2D eigenvalue weighted by molar-refractivity contribution is -0.129. The molecule has 1 aliphatic heterocycles. The van der Waals surface area contributed by atoms with Crippen LogP contribution in [-0.4, -0.2) is 19.5 Å². The molecule has 1 atom stereocenters. The van der Waals surface area contributed by atoms with Crippen LogP contribution in [0.1, 0.15) is 25.7 Å². The molecule has 0 radical (unpaired) electrons. The molecule has 1 spiro atoms. The van der Waals surface area contributed by atoms with Crippen molar-refractivity contribution in [1.29, 1.82) is 0 Å². The summed E-state index contributed by atoms with van der Waals surface area (Å²) in [5, 5.41) is 0. The number of aldehydes is 1. The Balaban J connectivity index is 2.02. The van der Waals surface area contributed by atoms with Crippen molar-refractivity contribution in [2.45, 2.75) is 25.7 Å². The third kappa shape index (κ3) is 1.00. The molecule has 1 unspecified atom stereocenters. The van der Waals surface area contributed by atoms with E-state index in [4.69, 9.17) is 4.74 Å². The second kappa shape index (κ2) is 2.59. The van der Waals surface area contributed by atoms with Gasteiger partial charge in [0.15, 0.2) is 0 Å². The highest BCUT2D eigenvalue weighted by Crippen LogP contribution is 2.52. The predicted octanol–water partition coefficient (Wildman–Crippen LogP) is 1.39. The fourth-order valence-corrected chi connectivity index (χ4v) is 2.33. The molecule has 2 fully saturated rings. The summed E-state index contributed by atoms with van der Waals surface area (Å²) in [7, 11) is 0. The van der Waals surface area contributed by atoms with Crippen LogP contribution in [0.25, 0.3) is 0 Å². The Bertz CT molecular complexity index is 159. The van der Waals surface area contributed by atoms with Gasteiger partial charge < -0.3 is 9.53 Å². The molecule has 0 amide bonds. The van der Waals surface area contributed by atoms with Gasteiger partial charge in [0.1, 0.15) is 6.29 Å². The molecule has 2 heteroatoms. The van der Waals surface area contributed by atoms with Crippen molar-refractivity contribution in [2.75, 3.05) is 13.2 Å². The molecule has 1 aliphatic carbocycles. The van der Waals surface area contributed by atoms with Gasteiger partial charge >= 0.3 is 0 Å². The Labute approximate surface area is 66.9 Å². The van der Waals surface area contributed by atoms with Crippen molar-refractivity contribution in [3.8, 4) is 0 Å². The maximum atomic E-state index is 10.6. The largest absolute Gasteiger partial charge is 0.381 e. The van der Waals surface area contributed by atoms with Gasteiger partial charge in [0.2, 0.25) is 0 Å². The van der Waals surface area contributed by atoms with Crippen LogP contribution in [0.15, 0.2) is 0 Å². The maximum absolute atomic E-state index is 10.6. The molecule has 1 saturated carbocycles. The number of carbonyl (C=O) groups is 1. The first-order valence-electron chi connectivity index (χ1n) is 4.40. The minimum atomic E-state index is 0.353. The number of hydrogen-bond acceptors (Lipinski definition) is 2. The molecule has 0 aromatic rings. The summed E-state index contributed by atoms with van der Waals surface area (Å²) in [6, 6.07) is 0. The lowest BCUT2D eigenvalue weighted by Gasteiger charge is -2.49. The first-order valence-corrected chi connectivity index (χ1v) is 4.40. The average molecular weight is 154 g/mol. The first kappa shape index (κ1) is 7.29. The van der Waals surface area contributed by atoms with Crippen LogP contribution < -0.4 is 0 Å². The zero-order valence-electron chi connectivity index (χ0n) is 6.71. The van der Waals surface area contributed by atoms with E-state index in [-0.39, 0.29) is 0 Å². The normalized spacial score (nSPS) is 34.7. The Morgan fingerprint density at radius 1 is 1.27 bits per heavy atom. The Morgan fingerprint density at radius 2 is 2.00 bits per heavy atom. The molecule has 2 aliphatic rings. The van der Waals surface area contributed by atoms with Gasteiger partial charge in [0.25, 0.3) is 0 Å². The van der Waals surface area contributed by atoms with E-state index in [2.05, 4.69) is 0 Å². The standard InChI is InChI=1S/C9H14O2/c10-7-8-1-2-9(8)3-5-11-6-4-9/h7-8H,1-6H2. The van der Waals surface area contributed by atoms with Crippen molar-refractivity contribution in [1.82, 2.24) is 0 Å². The van der Waals surface area contributed by atoms with Gasteiger partial charge in [-0.1, -0.05) is 0 Å². The SMILES string of the molecule is O=CC1CCC12CCOCC2. The highest BCUT2D eigenvalue weighted by Gasteiger charge is 2.46. The molecule has 0 aromatic heterocycles. The molecule has 0 N–H and O–H groups in total. The number of hydrogen-bond donors (Lipinski definition) is 0. The van der Waals surface area contributed by atoms with E-state index < -0.39 is 0 Å². The fourth-order valence-electron chi connectivity index (χ4n) is 2.33. The molecule has 62 valence electrons. The molecule has 1 saturated heterocycles. The first-order chi connectivity index (χ1) is 5.37. The Kier molecular flexibility index (Phi) is 1.72. The minimum absolute atomic E-state index is 0.353. The lowest BCUT2D eigenvalue weighted by atomic mass is 9.57. The molecular weight excluding hydrogens is 140 g/mol. The summed E-state index contributed by atoms with van der Waals surface area (Å²) in [5.41, 5.74) is 0.375. The van der Waals surface area contributed by atoms with Gasteiger partial charge in [0.05, 0.1) is 0 Å². The predicted molar refractivity (Wildman–Crippen MR) is 41.3 cm³/mol. The van der Waals surface area contributed by atoms with Crippen molar-refractivity contribution < 1.29 is 9.53 Å². The molecule has 2 rings (SSSR count). The van der Waals surface area contributed by atoms with Gasteiger partial charge in [-0.15, -0.1) is 0 Å². The average Bonchev–Trinajstić information content (AvgIpc) is 2.05. The van der Waals surface area contributed by atoms with E-state index in [1.165, 1.54) is 6.42 Å². The van der Waals surface area contributed by atoms with Crippen LogP contribution in [0.5, 0.6) is 0 Å². The summed E-state index contributed by atoms with van der Waals surface area (Å²) in [6.07, 6.45) is 5.73. The molecule has 2 nitrogen and oxygen atoms in total. The van der Waals surface area contributed by atoms with Crippen LogP contribution in [0.2, 0.25) is 0 Å². The third-order valence-electron chi connectivity index (χ3n) is 3.39. The summed E-state index contributed by atoms with van der Waals surface area (Å²) in [4.78, 5) is 10.6. The smallest absolute Gasteiger partial charge is 0.123 e. The van der Waals surface area contributed by atoms with Crippen molar-refractivity contribution in [3.63, 3.8) is 0 Å². The topological polar surface area (TPSA) is 26.3 Å². The van der Waals surface area contributed by atoms with Gasteiger partial charge in [-0.05, 0) is 31.1 Å². The van der Waals surface area contributed by atoms with Crippen LogP contribution in [0.4, 0.5) is 0 Å². The van der Waals surface area contributed by atoms with Crippen LogP contribution in [0.3, 0.4) is 0 Å². The summed E-state index contributed by atoms with van der Waals surface area (Å²) >= 11 is 0. The summed E-state index contributed by atoms with van der Waals surface area (Å²) in [6.45, 7) is 1.73. The van der Waals surface area contributed by atoms with Gasteiger partial charge in [-0.25, -0.2) is 0 Å². The Hall–Kier alpha value is -0.370. The molecule has 1 heterocycles.